The first-order chi connectivity index (χ1) is 5.52. The van der Waals surface area contributed by atoms with E-state index in [4.69, 9.17) is 9.47 Å². The van der Waals surface area contributed by atoms with E-state index in [-0.39, 0.29) is 11.2 Å². The SMILES string of the molecule is CC1(C)COC(C)(C2CC2)OC1. The molecule has 70 valence electrons. The van der Waals surface area contributed by atoms with Crippen LogP contribution in [0.15, 0.2) is 0 Å². The van der Waals surface area contributed by atoms with Crippen LogP contribution in [0, 0.1) is 11.3 Å². The topological polar surface area (TPSA) is 18.5 Å². The van der Waals surface area contributed by atoms with Gasteiger partial charge in [-0.1, -0.05) is 13.8 Å². The van der Waals surface area contributed by atoms with Crippen molar-refractivity contribution in [1.82, 2.24) is 0 Å². The molecule has 2 aliphatic rings. The molecule has 0 atom stereocenters. The van der Waals surface area contributed by atoms with Crippen LogP contribution in [0.2, 0.25) is 0 Å². The van der Waals surface area contributed by atoms with E-state index in [1.165, 1.54) is 12.8 Å². The van der Waals surface area contributed by atoms with Crippen molar-refractivity contribution in [3.63, 3.8) is 0 Å². The summed E-state index contributed by atoms with van der Waals surface area (Å²) in [5, 5.41) is 0. The Morgan fingerprint density at radius 1 is 1.00 bits per heavy atom. The minimum Gasteiger partial charge on any atom is -0.349 e. The lowest BCUT2D eigenvalue weighted by Gasteiger charge is -2.41. The Balaban J connectivity index is 1.96. The van der Waals surface area contributed by atoms with Gasteiger partial charge in [0.15, 0.2) is 5.79 Å². The van der Waals surface area contributed by atoms with Crippen LogP contribution in [0.1, 0.15) is 33.6 Å². The molecule has 0 amide bonds. The maximum absolute atomic E-state index is 5.78. The number of hydrogen-bond donors (Lipinski definition) is 0. The van der Waals surface area contributed by atoms with Crippen molar-refractivity contribution >= 4 is 0 Å². The molecular formula is C10H18O2. The molecule has 12 heavy (non-hydrogen) atoms. The summed E-state index contributed by atoms with van der Waals surface area (Å²) in [6, 6.07) is 0. The maximum Gasteiger partial charge on any atom is 0.168 e. The van der Waals surface area contributed by atoms with Gasteiger partial charge in [-0.2, -0.15) is 0 Å². The van der Waals surface area contributed by atoms with Gasteiger partial charge in [-0.25, -0.2) is 0 Å². The normalized spacial score (nSPS) is 33.2. The zero-order chi connectivity index (χ0) is 8.82. The Bertz CT molecular complexity index is 172. The zero-order valence-corrected chi connectivity index (χ0v) is 8.22. The van der Waals surface area contributed by atoms with E-state index in [1.54, 1.807) is 0 Å². The van der Waals surface area contributed by atoms with Crippen LogP contribution in [-0.2, 0) is 9.47 Å². The van der Waals surface area contributed by atoms with Crippen molar-refractivity contribution in [3.05, 3.63) is 0 Å². The molecular weight excluding hydrogens is 152 g/mol. The highest BCUT2D eigenvalue weighted by atomic mass is 16.7. The summed E-state index contributed by atoms with van der Waals surface area (Å²) in [7, 11) is 0. The van der Waals surface area contributed by atoms with Crippen LogP contribution in [-0.4, -0.2) is 19.0 Å². The summed E-state index contributed by atoms with van der Waals surface area (Å²) in [6.07, 6.45) is 2.55. The van der Waals surface area contributed by atoms with Crippen molar-refractivity contribution < 1.29 is 9.47 Å². The Morgan fingerprint density at radius 2 is 1.50 bits per heavy atom. The van der Waals surface area contributed by atoms with E-state index in [2.05, 4.69) is 20.8 Å². The van der Waals surface area contributed by atoms with Crippen molar-refractivity contribution in [1.29, 1.82) is 0 Å². The Hall–Kier alpha value is -0.0800. The first-order valence-electron chi connectivity index (χ1n) is 4.80. The summed E-state index contributed by atoms with van der Waals surface area (Å²) < 4.78 is 11.6. The second-order valence-electron chi connectivity index (χ2n) is 5.03. The minimum absolute atomic E-state index is 0.203. The standard InChI is InChI=1S/C10H18O2/c1-9(2)6-11-10(3,12-7-9)8-4-5-8/h8H,4-7H2,1-3H3. The van der Waals surface area contributed by atoms with Gasteiger partial charge in [-0.05, 0) is 19.8 Å². The Labute approximate surface area is 74.2 Å². The lowest BCUT2D eigenvalue weighted by atomic mass is 9.94. The molecule has 0 aromatic carbocycles. The van der Waals surface area contributed by atoms with Gasteiger partial charge in [0.05, 0.1) is 13.2 Å². The van der Waals surface area contributed by atoms with E-state index in [0.717, 1.165) is 13.2 Å². The average Bonchev–Trinajstić information content (AvgIpc) is 2.78. The van der Waals surface area contributed by atoms with Gasteiger partial charge in [-0.3, -0.25) is 0 Å². The highest BCUT2D eigenvalue weighted by Gasteiger charge is 2.47. The van der Waals surface area contributed by atoms with E-state index in [9.17, 15) is 0 Å². The average molecular weight is 170 g/mol. The van der Waals surface area contributed by atoms with E-state index in [1.807, 2.05) is 0 Å². The van der Waals surface area contributed by atoms with Crippen molar-refractivity contribution in [2.24, 2.45) is 11.3 Å². The summed E-state index contributed by atoms with van der Waals surface area (Å²) in [6.45, 7) is 8.11. The van der Waals surface area contributed by atoms with Crippen molar-refractivity contribution in [2.45, 2.75) is 39.4 Å². The van der Waals surface area contributed by atoms with Crippen LogP contribution in [0.5, 0.6) is 0 Å². The Morgan fingerprint density at radius 3 is 1.92 bits per heavy atom. The smallest absolute Gasteiger partial charge is 0.168 e. The van der Waals surface area contributed by atoms with Gasteiger partial charge in [0.1, 0.15) is 0 Å². The Kier molecular flexibility index (Phi) is 1.74. The molecule has 0 spiro atoms. The molecule has 0 aromatic heterocycles. The fourth-order valence-electron chi connectivity index (χ4n) is 1.60. The molecule has 1 aliphatic carbocycles. The summed E-state index contributed by atoms with van der Waals surface area (Å²) in [4.78, 5) is 0. The van der Waals surface area contributed by atoms with Crippen LogP contribution < -0.4 is 0 Å². The molecule has 2 rings (SSSR count). The van der Waals surface area contributed by atoms with Crippen LogP contribution in [0.4, 0.5) is 0 Å². The zero-order valence-electron chi connectivity index (χ0n) is 8.22. The predicted molar refractivity (Wildman–Crippen MR) is 46.8 cm³/mol. The van der Waals surface area contributed by atoms with E-state index < -0.39 is 0 Å². The predicted octanol–water partition coefficient (Wildman–Crippen LogP) is 2.19. The second kappa shape index (κ2) is 2.46. The van der Waals surface area contributed by atoms with Gasteiger partial charge in [-0.15, -0.1) is 0 Å². The third-order valence-corrected chi connectivity index (χ3v) is 2.82. The quantitative estimate of drug-likeness (QED) is 0.600. The molecule has 1 saturated heterocycles. The van der Waals surface area contributed by atoms with Gasteiger partial charge < -0.3 is 9.47 Å². The molecule has 0 N–H and O–H groups in total. The summed E-state index contributed by atoms with van der Waals surface area (Å²) in [5.41, 5.74) is 0.203. The van der Waals surface area contributed by atoms with Crippen molar-refractivity contribution in [2.75, 3.05) is 13.2 Å². The first-order valence-corrected chi connectivity index (χ1v) is 4.80. The molecule has 2 nitrogen and oxygen atoms in total. The van der Waals surface area contributed by atoms with Crippen molar-refractivity contribution in [3.8, 4) is 0 Å². The lowest BCUT2D eigenvalue weighted by Crippen LogP contribution is -2.46. The molecule has 1 aliphatic heterocycles. The van der Waals surface area contributed by atoms with Gasteiger partial charge in [0.25, 0.3) is 0 Å². The lowest BCUT2D eigenvalue weighted by molar-refractivity contribution is -0.299. The molecule has 0 radical (unpaired) electrons. The molecule has 1 saturated carbocycles. The van der Waals surface area contributed by atoms with Crippen LogP contribution in [0.3, 0.4) is 0 Å². The van der Waals surface area contributed by atoms with E-state index >= 15 is 0 Å². The third kappa shape index (κ3) is 1.50. The largest absolute Gasteiger partial charge is 0.349 e. The minimum atomic E-state index is -0.254. The maximum atomic E-state index is 5.78. The molecule has 1 heterocycles. The van der Waals surface area contributed by atoms with Gasteiger partial charge >= 0.3 is 0 Å². The number of ether oxygens (including phenoxy) is 2. The van der Waals surface area contributed by atoms with Crippen LogP contribution >= 0.6 is 0 Å². The second-order valence-corrected chi connectivity index (χ2v) is 5.03. The third-order valence-electron chi connectivity index (χ3n) is 2.82. The molecule has 0 aromatic rings. The summed E-state index contributed by atoms with van der Waals surface area (Å²) >= 11 is 0. The molecule has 2 heteroatoms. The highest BCUT2D eigenvalue weighted by molar-refractivity contribution is 4.89. The highest BCUT2D eigenvalue weighted by Crippen LogP contribution is 2.45. The van der Waals surface area contributed by atoms with Gasteiger partial charge in [0, 0.05) is 11.3 Å². The molecule has 0 unspecified atom stereocenters. The molecule has 0 bridgehead atoms. The number of rotatable bonds is 1. The van der Waals surface area contributed by atoms with Gasteiger partial charge in [0.2, 0.25) is 0 Å². The monoisotopic (exact) mass is 170 g/mol. The fraction of sp³-hybridized carbons (Fsp3) is 1.00. The summed E-state index contributed by atoms with van der Waals surface area (Å²) in [5.74, 6) is 0.406. The number of hydrogen-bond acceptors (Lipinski definition) is 2. The van der Waals surface area contributed by atoms with Crippen LogP contribution in [0.25, 0.3) is 0 Å². The van der Waals surface area contributed by atoms with E-state index in [0.29, 0.717) is 5.92 Å². The fourth-order valence-corrected chi connectivity index (χ4v) is 1.60. The molecule has 2 fully saturated rings. The first kappa shape index (κ1) is 8.52.